The van der Waals surface area contributed by atoms with Crippen LogP contribution in [0.25, 0.3) is 11.0 Å². The third-order valence-corrected chi connectivity index (χ3v) is 4.47. The van der Waals surface area contributed by atoms with E-state index in [1.807, 2.05) is 12.1 Å². The summed E-state index contributed by atoms with van der Waals surface area (Å²) in [5.74, 6) is 0.464. The molecule has 0 radical (unpaired) electrons. The summed E-state index contributed by atoms with van der Waals surface area (Å²) in [7, 11) is -3.93. The molecule has 0 aliphatic heterocycles. The molecule has 102 valence electrons. The minimum Gasteiger partial charge on any atom is -0.423 e. The molecule has 1 aromatic carbocycles. The first kappa shape index (κ1) is 14.1. The van der Waals surface area contributed by atoms with Crippen LogP contribution in [0.4, 0.5) is 0 Å². The Balaban J connectivity index is 2.14. The van der Waals surface area contributed by atoms with Gasteiger partial charge in [0.1, 0.15) is 5.58 Å². The molecule has 1 N–H and O–H groups in total. The van der Waals surface area contributed by atoms with Crippen LogP contribution in [0.2, 0.25) is 0 Å². The van der Waals surface area contributed by atoms with E-state index in [2.05, 4.69) is 0 Å². The maximum Gasteiger partial charge on any atom is 0.336 e. The standard InChI is InChI=1S/C12H12O5S2/c13-12-7-9(8-18-5-6-19(14,15)16)10-3-1-2-4-11(10)17-12/h1-4,7H,5-6,8H2,(H,14,15,16). The van der Waals surface area contributed by atoms with Gasteiger partial charge in [-0.05, 0) is 11.6 Å². The Labute approximate surface area is 114 Å². The van der Waals surface area contributed by atoms with Gasteiger partial charge in [-0.25, -0.2) is 4.79 Å². The monoisotopic (exact) mass is 300 g/mol. The second kappa shape index (κ2) is 5.77. The zero-order valence-electron chi connectivity index (χ0n) is 9.90. The van der Waals surface area contributed by atoms with Gasteiger partial charge in [0, 0.05) is 23.0 Å². The van der Waals surface area contributed by atoms with Crippen molar-refractivity contribution in [2.24, 2.45) is 0 Å². The molecule has 1 heterocycles. The number of fused-ring (bicyclic) bond motifs is 1. The Kier molecular flexibility index (Phi) is 4.28. The predicted octanol–water partition coefficient (Wildman–Crippen LogP) is 1.91. The minimum absolute atomic E-state index is 0.271. The summed E-state index contributed by atoms with van der Waals surface area (Å²) in [6, 6.07) is 8.58. The quantitative estimate of drug-likeness (QED) is 0.516. The zero-order valence-corrected chi connectivity index (χ0v) is 11.5. The summed E-state index contributed by atoms with van der Waals surface area (Å²) >= 11 is 1.34. The number of hydrogen-bond acceptors (Lipinski definition) is 5. The van der Waals surface area contributed by atoms with Gasteiger partial charge in [0.2, 0.25) is 0 Å². The lowest BCUT2D eigenvalue weighted by Crippen LogP contribution is -2.06. The third-order valence-electron chi connectivity index (χ3n) is 2.48. The molecular formula is C12H12O5S2. The fraction of sp³-hybridized carbons (Fsp3) is 0.250. The molecule has 2 aromatic rings. The van der Waals surface area contributed by atoms with Crippen molar-refractivity contribution in [3.63, 3.8) is 0 Å². The number of rotatable bonds is 5. The summed E-state index contributed by atoms with van der Waals surface area (Å²) in [5.41, 5.74) is 0.886. The summed E-state index contributed by atoms with van der Waals surface area (Å²) in [5, 5.41) is 0.835. The van der Waals surface area contributed by atoms with Crippen LogP contribution < -0.4 is 5.63 Å². The van der Waals surface area contributed by atoms with Crippen LogP contribution in [0.5, 0.6) is 0 Å². The molecule has 19 heavy (non-hydrogen) atoms. The largest absolute Gasteiger partial charge is 0.423 e. The number of thioether (sulfide) groups is 1. The third kappa shape index (κ3) is 4.09. The molecular weight excluding hydrogens is 288 g/mol. The van der Waals surface area contributed by atoms with Gasteiger partial charge in [0.05, 0.1) is 5.75 Å². The maximum atomic E-state index is 11.4. The highest BCUT2D eigenvalue weighted by Gasteiger charge is 2.07. The van der Waals surface area contributed by atoms with E-state index in [-0.39, 0.29) is 11.5 Å². The first-order valence-electron chi connectivity index (χ1n) is 5.50. The Morgan fingerprint density at radius 1 is 1.26 bits per heavy atom. The van der Waals surface area contributed by atoms with Crippen molar-refractivity contribution in [1.82, 2.24) is 0 Å². The highest BCUT2D eigenvalue weighted by molar-refractivity contribution is 7.99. The summed E-state index contributed by atoms with van der Waals surface area (Å²) in [6.07, 6.45) is 0. The molecule has 0 saturated carbocycles. The van der Waals surface area contributed by atoms with Gasteiger partial charge in [-0.3, -0.25) is 4.55 Å². The Morgan fingerprint density at radius 3 is 2.74 bits per heavy atom. The molecule has 2 rings (SSSR count). The van der Waals surface area contributed by atoms with Crippen molar-refractivity contribution in [3.8, 4) is 0 Å². The molecule has 0 spiro atoms. The van der Waals surface area contributed by atoms with Crippen molar-refractivity contribution >= 4 is 32.8 Å². The van der Waals surface area contributed by atoms with Crippen LogP contribution in [-0.4, -0.2) is 24.5 Å². The van der Waals surface area contributed by atoms with Crippen LogP contribution in [-0.2, 0) is 15.9 Å². The second-order valence-corrected chi connectivity index (χ2v) is 6.60. The zero-order chi connectivity index (χ0) is 13.9. The summed E-state index contributed by atoms with van der Waals surface area (Å²) in [4.78, 5) is 11.4. The smallest absolute Gasteiger partial charge is 0.336 e. The van der Waals surface area contributed by atoms with Gasteiger partial charge in [0.15, 0.2) is 0 Å². The Bertz CT molecular complexity index is 733. The molecule has 7 heteroatoms. The van der Waals surface area contributed by atoms with Gasteiger partial charge < -0.3 is 4.42 Å². The van der Waals surface area contributed by atoms with E-state index in [1.54, 1.807) is 12.1 Å². The molecule has 0 fully saturated rings. The van der Waals surface area contributed by atoms with Crippen LogP contribution in [0, 0.1) is 0 Å². The molecule has 1 aromatic heterocycles. The minimum atomic E-state index is -3.93. The van der Waals surface area contributed by atoms with Gasteiger partial charge in [-0.2, -0.15) is 20.2 Å². The van der Waals surface area contributed by atoms with E-state index in [0.29, 0.717) is 11.3 Å². The van der Waals surface area contributed by atoms with Gasteiger partial charge in [0.25, 0.3) is 10.1 Å². The molecule has 0 saturated heterocycles. The van der Waals surface area contributed by atoms with Gasteiger partial charge in [-0.1, -0.05) is 18.2 Å². The van der Waals surface area contributed by atoms with Crippen molar-refractivity contribution in [2.75, 3.05) is 11.5 Å². The highest BCUT2D eigenvalue weighted by atomic mass is 32.2. The first-order valence-corrected chi connectivity index (χ1v) is 8.27. The Hall–Kier alpha value is -1.31. The van der Waals surface area contributed by atoms with Gasteiger partial charge in [-0.15, -0.1) is 0 Å². The van der Waals surface area contributed by atoms with Gasteiger partial charge >= 0.3 is 5.63 Å². The molecule has 0 aliphatic rings. The predicted molar refractivity (Wildman–Crippen MR) is 75.1 cm³/mol. The van der Waals surface area contributed by atoms with Crippen LogP contribution >= 0.6 is 11.8 Å². The number of benzene rings is 1. The van der Waals surface area contributed by atoms with Crippen molar-refractivity contribution in [3.05, 3.63) is 46.3 Å². The molecule has 0 unspecified atom stereocenters. The average Bonchev–Trinajstić information content (AvgIpc) is 2.33. The lowest BCUT2D eigenvalue weighted by atomic mass is 10.1. The number of hydrogen-bond donors (Lipinski definition) is 1. The van der Waals surface area contributed by atoms with E-state index in [0.717, 1.165) is 10.9 Å². The molecule has 5 nitrogen and oxygen atoms in total. The van der Waals surface area contributed by atoms with Crippen LogP contribution in [0.15, 0.2) is 39.5 Å². The lowest BCUT2D eigenvalue weighted by molar-refractivity contribution is 0.485. The first-order chi connectivity index (χ1) is 8.96. The molecule has 0 aliphatic carbocycles. The summed E-state index contributed by atoms with van der Waals surface area (Å²) < 4.78 is 34.9. The normalized spacial score (nSPS) is 11.8. The molecule has 0 atom stereocenters. The topological polar surface area (TPSA) is 84.6 Å². The van der Waals surface area contributed by atoms with Crippen molar-refractivity contribution < 1.29 is 17.4 Å². The van der Waals surface area contributed by atoms with Crippen molar-refractivity contribution in [1.29, 1.82) is 0 Å². The van der Waals surface area contributed by atoms with Crippen LogP contribution in [0.3, 0.4) is 0 Å². The highest BCUT2D eigenvalue weighted by Crippen LogP contribution is 2.21. The Morgan fingerprint density at radius 2 is 2.00 bits per heavy atom. The fourth-order valence-electron chi connectivity index (χ4n) is 1.64. The molecule has 0 amide bonds. The van der Waals surface area contributed by atoms with E-state index < -0.39 is 15.7 Å². The fourth-order valence-corrected chi connectivity index (χ4v) is 3.56. The second-order valence-electron chi connectivity index (χ2n) is 3.93. The van der Waals surface area contributed by atoms with E-state index in [1.165, 1.54) is 17.8 Å². The number of para-hydroxylation sites is 1. The summed E-state index contributed by atoms with van der Waals surface area (Å²) in [6.45, 7) is 0. The van der Waals surface area contributed by atoms with Crippen LogP contribution in [0.1, 0.15) is 5.56 Å². The maximum absolute atomic E-state index is 11.4. The van der Waals surface area contributed by atoms with E-state index in [4.69, 9.17) is 8.97 Å². The SMILES string of the molecule is O=c1cc(CSCCS(=O)(=O)O)c2ccccc2o1. The lowest BCUT2D eigenvalue weighted by Gasteiger charge is -2.04. The average molecular weight is 300 g/mol. The van der Waals surface area contributed by atoms with E-state index in [9.17, 15) is 13.2 Å². The molecule has 0 bridgehead atoms. The van der Waals surface area contributed by atoms with E-state index >= 15 is 0 Å². The van der Waals surface area contributed by atoms with Crippen molar-refractivity contribution in [2.45, 2.75) is 5.75 Å².